The smallest absolute Gasteiger partial charge is 0.407 e. The standard InChI is InChI=1S/C25H24N4O3/c1-29-21-15-9-8-14-20(21)27-24(29)23(19-12-6-3-7-13-19)28-22(30)16-26-25(31)32-17-18-10-4-2-5-11-18/h2-15,23H,16-17H2,1H3,(H,26,31)(H,28,30). The number of imidazole rings is 1. The average Bonchev–Trinajstić information content (AvgIpc) is 3.17. The number of aryl methyl sites for hydroxylation is 1. The Morgan fingerprint density at radius 3 is 2.31 bits per heavy atom. The van der Waals surface area contributed by atoms with Gasteiger partial charge in [0.2, 0.25) is 5.91 Å². The molecule has 1 heterocycles. The van der Waals surface area contributed by atoms with E-state index in [-0.39, 0.29) is 19.1 Å². The monoisotopic (exact) mass is 428 g/mol. The molecule has 162 valence electrons. The summed E-state index contributed by atoms with van der Waals surface area (Å²) in [5.74, 6) is 0.361. The lowest BCUT2D eigenvalue weighted by Crippen LogP contribution is -2.39. The van der Waals surface area contributed by atoms with Crippen molar-refractivity contribution in [2.45, 2.75) is 12.6 Å². The highest BCUT2D eigenvalue weighted by Gasteiger charge is 2.22. The van der Waals surface area contributed by atoms with Crippen molar-refractivity contribution in [3.05, 3.63) is 102 Å². The first-order valence-electron chi connectivity index (χ1n) is 10.3. The van der Waals surface area contributed by atoms with Crippen molar-refractivity contribution in [1.29, 1.82) is 0 Å². The predicted molar refractivity (Wildman–Crippen MR) is 122 cm³/mol. The van der Waals surface area contributed by atoms with Gasteiger partial charge in [0, 0.05) is 7.05 Å². The molecule has 0 aliphatic rings. The molecule has 0 saturated carbocycles. The van der Waals surface area contributed by atoms with Gasteiger partial charge in [0.05, 0.1) is 11.0 Å². The molecule has 0 saturated heterocycles. The number of benzene rings is 3. The van der Waals surface area contributed by atoms with E-state index in [1.807, 2.05) is 96.5 Å². The largest absolute Gasteiger partial charge is 0.445 e. The van der Waals surface area contributed by atoms with Gasteiger partial charge in [-0.3, -0.25) is 4.79 Å². The Bertz CT molecular complexity index is 1210. The molecular formula is C25H24N4O3. The van der Waals surface area contributed by atoms with Crippen LogP contribution in [-0.4, -0.2) is 28.1 Å². The lowest BCUT2D eigenvalue weighted by atomic mass is 10.1. The van der Waals surface area contributed by atoms with Gasteiger partial charge in [0.25, 0.3) is 0 Å². The topological polar surface area (TPSA) is 85.2 Å². The van der Waals surface area contributed by atoms with E-state index in [2.05, 4.69) is 10.6 Å². The zero-order valence-electron chi connectivity index (χ0n) is 17.7. The summed E-state index contributed by atoms with van der Waals surface area (Å²) in [4.78, 5) is 29.4. The number of aromatic nitrogens is 2. The summed E-state index contributed by atoms with van der Waals surface area (Å²) in [6.07, 6.45) is -0.650. The fraction of sp³-hybridized carbons (Fsp3) is 0.160. The predicted octanol–water partition coefficient (Wildman–Crippen LogP) is 3.71. The second-order valence-corrected chi connectivity index (χ2v) is 7.34. The number of rotatable bonds is 7. The van der Waals surface area contributed by atoms with Crippen molar-refractivity contribution in [3.63, 3.8) is 0 Å². The number of para-hydroxylation sites is 2. The summed E-state index contributed by atoms with van der Waals surface area (Å²) in [7, 11) is 1.92. The van der Waals surface area contributed by atoms with Crippen LogP contribution in [-0.2, 0) is 23.2 Å². The van der Waals surface area contributed by atoms with Gasteiger partial charge in [-0.05, 0) is 23.3 Å². The quantitative estimate of drug-likeness (QED) is 0.470. The molecule has 0 bridgehead atoms. The van der Waals surface area contributed by atoms with Gasteiger partial charge in [0.1, 0.15) is 25.0 Å². The number of fused-ring (bicyclic) bond motifs is 1. The summed E-state index contributed by atoms with van der Waals surface area (Å²) in [6.45, 7) is -0.0678. The second-order valence-electron chi connectivity index (χ2n) is 7.34. The summed E-state index contributed by atoms with van der Waals surface area (Å²) in [6, 6.07) is 26.3. The minimum absolute atomic E-state index is 0.140. The second kappa shape index (κ2) is 9.78. The Labute approximate surface area is 186 Å². The number of carbonyl (C=O) groups excluding carboxylic acids is 2. The molecular weight excluding hydrogens is 404 g/mol. The van der Waals surface area contributed by atoms with E-state index < -0.39 is 12.1 Å². The zero-order chi connectivity index (χ0) is 22.3. The van der Waals surface area contributed by atoms with Crippen LogP contribution in [0.15, 0.2) is 84.9 Å². The van der Waals surface area contributed by atoms with E-state index >= 15 is 0 Å². The molecule has 4 rings (SSSR count). The van der Waals surface area contributed by atoms with E-state index in [4.69, 9.17) is 9.72 Å². The SMILES string of the molecule is Cn1c(C(NC(=O)CNC(=O)OCc2ccccc2)c2ccccc2)nc2ccccc21. The van der Waals surface area contributed by atoms with Gasteiger partial charge in [0.15, 0.2) is 0 Å². The number of nitrogens with one attached hydrogen (secondary N) is 2. The van der Waals surface area contributed by atoms with E-state index in [1.165, 1.54) is 0 Å². The van der Waals surface area contributed by atoms with Crippen LogP contribution in [0.5, 0.6) is 0 Å². The molecule has 7 heteroatoms. The lowest BCUT2D eigenvalue weighted by molar-refractivity contribution is -0.120. The number of carbonyl (C=O) groups is 2. The molecule has 1 atom stereocenters. The van der Waals surface area contributed by atoms with Crippen LogP contribution < -0.4 is 10.6 Å². The summed E-state index contributed by atoms with van der Waals surface area (Å²) in [5, 5.41) is 5.49. The third-order valence-electron chi connectivity index (χ3n) is 5.12. The van der Waals surface area contributed by atoms with Crippen molar-refractivity contribution >= 4 is 23.0 Å². The maximum atomic E-state index is 12.7. The molecule has 0 radical (unpaired) electrons. The average molecular weight is 428 g/mol. The van der Waals surface area contributed by atoms with Crippen LogP contribution in [0.3, 0.4) is 0 Å². The van der Waals surface area contributed by atoms with Gasteiger partial charge >= 0.3 is 6.09 Å². The van der Waals surface area contributed by atoms with Crippen LogP contribution in [0.25, 0.3) is 11.0 Å². The first-order chi connectivity index (χ1) is 15.6. The van der Waals surface area contributed by atoms with Crippen molar-refractivity contribution in [2.24, 2.45) is 7.05 Å². The van der Waals surface area contributed by atoms with E-state index in [9.17, 15) is 9.59 Å². The highest BCUT2D eigenvalue weighted by atomic mass is 16.5. The van der Waals surface area contributed by atoms with Gasteiger partial charge < -0.3 is 19.9 Å². The van der Waals surface area contributed by atoms with Gasteiger partial charge in [-0.25, -0.2) is 9.78 Å². The first-order valence-corrected chi connectivity index (χ1v) is 10.3. The fourth-order valence-corrected chi connectivity index (χ4v) is 3.50. The third-order valence-corrected chi connectivity index (χ3v) is 5.12. The maximum absolute atomic E-state index is 12.7. The molecule has 32 heavy (non-hydrogen) atoms. The van der Waals surface area contributed by atoms with Crippen LogP contribution in [0.2, 0.25) is 0 Å². The summed E-state index contributed by atoms with van der Waals surface area (Å²) in [5.41, 5.74) is 3.59. The minimum Gasteiger partial charge on any atom is -0.445 e. The molecule has 0 fully saturated rings. The van der Waals surface area contributed by atoms with E-state index in [0.717, 1.165) is 22.2 Å². The van der Waals surface area contributed by atoms with Crippen LogP contribution in [0.4, 0.5) is 4.79 Å². The zero-order valence-corrected chi connectivity index (χ0v) is 17.7. The van der Waals surface area contributed by atoms with E-state index in [0.29, 0.717) is 5.82 Å². The van der Waals surface area contributed by atoms with Crippen molar-refractivity contribution < 1.29 is 14.3 Å². The lowest BCUT2D eigenvalue weighted by Gasteiger charge is -2.19. The third kappa shape index (κ3) is 4.95. The van der Waals surface area contributed by atoms with Crippen LogP contribution in [0.1, 0.15) is 23.0 Å². The molecule has 4 aromatic rings. The Morgan fingerprint density at radius 1 is 0.938 bits per heavy atom. The molecule has 0 spiro atoms. The molecule has 2 amide bonds. The molecule has 1 aromatic heterocycles. The molecule has 2 N–H and O–H groups in total. The summed E-state index contributed by atoms with van der Waals surface area (Å²) < 4.78 is 7.13. The Kier molecular flexibility index (Phi) is 6.46. The number of hydrogen-bond acceptors (Lipinski definition) is 4. The number of alkyl carbamates (subject to hydrolysis) is 1. The van der Waals surface area contributed by atoms with Gasteiger partial charge in [-0.1, -0.05) is 72.8 Å². The molecule has 1 unspecified atom stereocenters. The van der Waals surface area contributed by atoms with Gasteiger partial charge in [-0.2, -0.15) is 0 Å². The Balaban J connectivity index is 1.44. The number of amides is 2. The Hall–Kier alpha value is -4.13. The molecule has 3 aromatic carbocycles. The first kappa shape index (κ1) is 21.1. The molecule has 7 nitrogen and oxygen atoms in total. The van der Waals surface area contributed by atoms with Crippen LogP contribution >= 0.6 is 0 Å². The number of hydrogen-bond donors (Lipinski definition) is 2. The summed E-state index contributed by atoms with van der Waals surface area (Å²) >= 11 is 0. The molecule has 0 aliphatic heterocycles. The van der Waals surface area contributed by atoms with E-state index in [1.54, 1.807) is 0 Å². The van der Waals surface area contributed by atoms with Crippen molar-refractivity contribution in [3.8, 4) is 0 Å². The minimum atomic E-state index is -0.650. The Morgan fingerprint density at radius 2 is 1.59 bits per heavy atom. The fourth-order valence-electron chi connectivity index (χ4n) is 3.50. The van der Waals surface area contributed by atoms with Crippen molar-refractivity contribution in [2.75, 3.05) is 6.54 Å². The highest BCUT2D eigenvalue weighted by molar-refractivity contribution is 5.83. The highest BCUT2D eigenvalue weighted by Crippen LogP contribution is 2.24. The normalized spacial score (nSPS) is 11.7. The van der Waals surface area contributed by atoms with Gasteiger partial charge in [-0.15, -0.1) is 0 Å². The van der Waals surface area contributed by atoms with Crippen molar-refractivity contribution in [1.82, 2.24) is 20.2 Å². The number of ether oxygens (including phenoxy) is 1. The maximum Gasteiger partial charge on any atom is 0.407 e. The molecule has 0 aliphatic carbocycles. The number of nitrogens with zero attached hydrogens (tertiary/aromatic N) is 2. The van der Waals surface area contributed by atoms with Crippen LogP contribution in [0, 0.1) is 0 Å².